The molecular formula is C27H31FN6OS. The molecule has 0 atom stereocenters. The average molecular weight is 507 g/mol. The Bertz CT molecular complexity index is 1310. The Morgan fingerprint density at radius 1 is 1.14 bits per heavy atom. The topological polar surface area (TPSA) is 74.2 Å². The van der Waals surface area contributed by atoms with Crippen molar-refractivity contribution in [2.45, 2.75) is 50.4 Å². The molecule has 7 nitrogen and oxygen atoms in total. The standard InChI is InChI=1S/C27H31FN6OS/c1-16-21-24(27(9-4-10-27)15-34(3)25(21)35)36-23(16)22-19(28)14-30-26(32-22)31-20-6-5-18(13-29-20)17-7-11-33(2)12-8-17/h5-6,13-14,17H,4,7-12,15H2,1-3H3,(H,29,30,31,32). The van der Waals surface area contributed by atoms with Gasteiger partial charge in [0.15, 0.2) is 5.82 Å². The van der Waals surface area contributed by atoms with Gasteiger partial charge in [0.2, 0.25) is 5.95 Å². The van der Waals surface area contributed by atoms with Gasteiger partial charge in [-0.05, 0) is 75.9 Å². The summed E-state index contributed by atoms with van der Waals surface area (Å²) in [5, 5.41) is 3.14. The number of pyridine rings is 1. The van der Waals surface area contributed by atoms with Crippen LogP contribution < -0.4 is 5.32 Å². The number of likely N-dealkylation sites (tertiary alicyclic amines) is 1. The number of thiophene rings is 1. The molecule has 0 radical (unpaired) electrons. The van der Waals surface area contributed by atoms with Gasteiger partial charge in [0, 0.05) is 30.1 Å². The summed E-state index contributed by atoms with van der Waals surface area (Å²) in [5.74, 6) is 0.973. The van der Waals surface area contributed by atoms with Crippen LogP contribution in [0, 0.1) is 12.7 Å². The minimum Gasteiger partial charge on any atom is -0.341 e. The van der Waals surface area contributed by atoms with Gasteiger partial charge >= 0.3 is 0 Å². The van der Waals surface area contributed by atoms with Crippen LogP contribution in [0.4, 0.5) is 16.2 Å². The number of carbonyl (C=O) groups excluding carboxylic acids is 1. The molecule has 2 fully saturated rings. The van der Waals surface area contributed by atoms with E-state index in [9.17, 15) is 4.79 Å². The van der Waals surface area contributed by atoms with Crippen molar-refractivity contribution >= 4 is 29.0 Å². The number of nitrogens with zero attached hydrogens (tertiary/aromatic N) is 5. The fourth-order valence-corrected chi connectivity index (χ4v) is 7.44. The number of halogens is 1. The second-order valence-electron chi connectivity index (χ2n) is 10.6. The average Bonchev–Trinajstić information content (AvgIpc) is 3.20. The van der Waals surface area contributed by atoms with Crippen LogP contribution in [-0.2, 0) is 5.41 Å². The van der Waals surface area contributed by atoms with E-state index in [0.29, 0.717) is 22.6 Å². The van der Waals surface area contributed by atoms with Crippen LogP contribution in [0.25, 0.3) is 10.6 Å². The van der Waals surface area contributed by atoms with E-state index in [1.807, 2.05) is 31.1 Å². The van der Waals surface area contributed by atoms with Crippen molar-refractivity contribution in [2.24, 2.45) is 0 Å². The highest BCUT2D eigenvalue weighted by atomic mass is 32.1. The number of carbonyl (C=O) groups is 1. The zero-order valence-corrected chi connectivity index (χ0v) is 21.8. The molecule has 5 heterocycles. The predicted molar refractivity (Wildman–Crippen MR) is 140 cm³/mol. The molecule has 36 heavy (non-hydrogen) atoms. The maximum atomic E-state index is 15.0. The lowest BCUT2D eigenvalue weighted by Gasteiger charge is -2.47. The monoisotopic (exact) mass is 506 g/mol. The van der Waals surface area contributed by atoms with Crippen LogP contribution >= 0.6 is 11.3 Å². The second-order valence-corrected chi connectivity index (χ2v) is 11.6. The van der Waals surface area contributed by atoms with Gasteiger partial charge in [-0.15, -0.1) is 11.3 Å². The fourth-order valence-electron chi connectivity index (χ4n) is 5.91. The molecule has 188 valence electrons. The molecule has 1 spiro atoms. The first-order valence-corrected chi connectivity index (χ1v) is 13.5. The first-order valence-electron chi connectivity index (χ1n) is 12.7. The number of amides is 1. The van der Waals surface area contributed by atoms with Gasteiger partial charge < -0.3 is 15.1 Å². The second kappa shape index (κ2) is 8.88. The number of aromatic nitrogens is 3. The van der Waals surface area contributed by atoms with E-state index < -0.39 is 5.82 Å². The van der Waals surface area contributed by atoms with Crippen LogP contribution in [0.2, 0.25) is 0 Å². The van der Waals surface area contributed by atoms with Gasteiger partial charge in [0.1, 0.15) is 11.5 Å². The van der Waals surface area contributed by atoms with Gasteiger partial charge in [0.05, 0.1) is 16.6 Å². The minimum atomic E-state index is -0.490. The summed E-state index contributed by atoms with van der Waals surface area (Å²) in [7, 11) is 4.02. The summed E-state index contributed by atoms with van der Waals surface area (Å²) in [6.07, 6.45) is 8.68. The first kappa shape index (κ1) is 23.5. The Kier molecular flexibility index (Phi) is 5.80. The van der Waals surface area contributed by atoms with E-state index in [-0.39, 0.29) is 17.0 Å². The van der Waals surface area contributed by atoms with Crippen LogP contribution in [0.3, 0.4) is 0 Å². The Hall–Kier alpha value is -2.91. The van der Waals surface area contributed by atoms with Gasteiger partial charge in [-0.3, -0.25) is 4.79 Å². The third-order valence-electron chi connectivity index (χ3n) is 8.21. The Morgan fingerprint density at radius 3 is 2.58 bits per heavy atom. The normalized spacial score (nSPS) is 19.9. The summed E-state index contributed by atoms with van der Waals surface area (Å²) in [4.78, 5) is 32.3. The molecule has 3 aromatic heterocycles. The Morgan fingerprint density at radius 2 is 1.92 bits per heavy atom. The lowest BCUT2D eigenvalue weighted by atomic mass is 9.65. The fraction of sp³-hybridized carbons (Fsp3) is 0.481. The summed E-state index contributed by atoms with van der Waals surface area (Å²) < 4.78 is 15.0. The molecule has 1 aliphatic carbocycles. The molecule has 3 aromatic rings. The molecule has 0 aromatic carbocycles. The number of anilines is 2. The van der Waals surface area contributed by atoms with Gasteiger partial charge in [-0.25, -0.2) is 19.3 Å². The molecular weight excluding hydrogens is 475 g/mol. The van der Waals surface area contributed by atoms with Crippen molar-refractivity contribution in [1.29, 1.82) is 0 Å². The molecule has 6 rings (SSSR count). The molecule has 1 N–H and O–H groups in total. The zero-order valence-electron chi connectivity index (χ0n) is 21.0. The maximum absolute atomic E-state index is 15.0. The highest BCUT2D eigenvalue weighted by molar-refractivity contribution is 7.16. The lowest BCUT2D eigenvalue weighted by Crippen LogP contribution is -2.50. The van der Waals surface area contributed by atoms with E-state index in [2.05, 4.69) is 38.3 Å². The van der Waals surface area contributed by atoms with Crippen molar-refractivity contribution in [1.82, 2.24) is 24.8 Å². The molecule has 1 saturated heterocycles. The third-order valence-corrected chi connectivity index (χ3v) is 9.76. The van der Waals surface area contributed by atoms with Crippen LogP contribution in [0.1, 0.15) is 64.4 Å². The number of rotatable bonds is 4. The smallest absolute Gasteiger partial charge is 0.255 e. The molecule has 0 unspecified atom stereocenters. The molecule has 1 amide bonds. The van der Waals surface area contributed by atoms with Crippen molar-refractivity contribution in [3.8, 4) is 10.6 Å². The quantitative estimate of drug-likeness (QED) is 0.530. The summed E-state index contributed by atoms with van der Waals surface area (Å²) >= 11 is 1.53. The Labute approximate surface area is 214 Å². The SMILES string of the molecule is Cc1c(-c2nc(Nc3ccc(C4CCN(C)CC4)cn3)ncc2F)sc2c1C(=O)N(C)CC21CCC1. The predicted octanol–water partition coefficient (Wildman–Crippen LogP) is 5.11. The molecule has 1 saturated carbocycles. The van der Waals surface area contributed by atoms with E-state index >= 15 is 4.39 Å². The van der Waals surface area contributed by atoms with Crippen LogP contribution in [0.5, 0.6) is 0 Å². The summed E-state index contributed by atoms with van der Waals surface area (Å²) in [5.41, 5.74) is 3.03. The minimum absolute atomic E-state index is 0.00959. The van der Waals surface area contributed by atoms with Gasteiger partial charge in [0.25, 0.3) is 5.91 Å². The first-order chi connectivity index (χ1) is 17.3. The number of hydrogen-bond donors (Lipinski definition) is 1. The largest absolute Gasteiger partial charge is 0.341 e. The highest BCUT2D eigenvalue weighted by Crippen LogP contribution is 2.53. The Balaban J connectivity index is 1.28. The van der Waals surface area contributed by atoms with E-state index in [1.165, 1.54) is 23.1 Å². The number of fused-ring (bicyclic) bond motifs is 2. The van der Waals surface area contributed by atoms with Crippen molar-refractivity contribution in [2.75, 3.05) is 39.0 Å². The van der Waals surface area contributed by atoms with Crippen molar-refractivity contribution in [3.63, 3.8) is 0 Å². The van der Waals surface area contributed by atoms with Gasteiger partial charge in [-0.2, -0.15) is 0 Å². The van der Waals surface area contributed by atoms with E-state index in [0.717, 1.165) is 67.7 Å². The summed E-state index contributed by atoms with van der Waals surface area (Å²) in [6.45, 7) is 4.85. The molecule has 2 aliphatic heterocycles. The van der Waals surface area contributed by atoms with Gasteiger partial charge in [-0.1, -0.05) is 12.5 Å². The molecule has 9 heteroatoms. The number of nitrogens with one attached hydrogen (secondary N) is 1. The maximum Gasteiger partial charge on any atom is 0.255 e. The highest BCUT2D eigenvalue weighted by Gasteiger charge is 2.48. The zero-order chi connectivity index (χ0) is 25.0. The number of hydrogen-bond acceptors (Lipinski definition) is 7. The van der Waals surface area contributed by atoms with Crippen LogP contribution in [-0.4, -0.2) is 64.4 Å². The summed E-state index contributed by atoms with van der Waals surface area (Å²) in [6, 6.07) is 4.04. The number of piperidine rings is 1. The third kappa shape index (κ3) is 3.89. The lowest BCUT2D eigenvalue weighted by molar-refractivity contribution is 0.0658. The van der Waals surface area contributed by atoms with Crippen molar-refractivity contribution in [3.05, 3.63) is 51.9 Å². The van der Waals surface area contributed by atoms with Crippen LogP contribution in [0.15, 0.2) is 24.5 Å². The molecule has 3 aliphatic rings. The number of likely N-dealkylation sites (N-methyl/N-ethyl adjacent to an activating group) is 1. The molecule has 0 bridgehead atoms. The van der Waals surface area contributed by atoms with E-state index in [4.69, 9.17) is 0 Å². The van der Waals surface area contributed by atoms with Crippen molar-refractivity contribution < 1.29 is 9.18 Å². The van der Waals surface area contributed by atoms with E-state index in [1.54, 1.807) is 0 Å².